The maximum Gasteiger partial charge on any atom is 0.360 e. The van der Waals surface area contributed by atoms with Gasteiger partial charge in [-0.1, -0.05) is 72.7 Å². The number of carbonyl (C=O) groups excluding carboxylic acids is 1. The predicted molar refractivity (Wildman–Crippen MR) is 117 cm³/mol. The van der Waals surface area contributed by atoms with Gasteiger partial charge in [0.25, 0.3) is 0 Å². The SMILES string of the molecule is CC[C@H](O/N=C(\C(=O)O)c1csc(C)n1)C(=O)OC(c1ccccc1)c1ccccc1. The fourth-order valence-electron chi connectivity index (χ4n) is 2.84. The van der Waals surface area contributed by atoms with Gasteiger partial charge in [0.2, 0.25) is 11.8 Å². The molecule has 0 aliphatic rings. The molecule has 1 N–H and O–H groups in total. The molecule has 0 aliphatic carbocycles. The summed E-state index contributed by atoms with van der Waals surface area (Å²) >= 11 is 1.30. The number of carboxylic acid groups (broad SMARTS) is 1. The Labute approximate surface area is 184 Å². The van der Waals surface area contributed by atoms with Crippen molar-refractivity contribution in [3.63, 3.8) is 0 Å². The van der Waals surface area contributed by atoms with Gasteiger partial charge in [-0.2, -0.15) is 0 Å². The molecule has 1 heterocycles. The quantitative estimate of drug-likeness (QED) is 0.303. The lowest BCUT2D eigenvalue weighted by Gasteiger charge is -2.21. The second kappa shape index (κ2) is 10.5. The van der Waals surface area contributed by atoms with Crippen LogP contribution in [0.5, 0.6) is 0 Å². The van der Waals surface area contributed by atoms with Gasteiger partial charge in [0.15, 0.2) is 6.10 Å². The Morgan fingerprint density at radius 3 is 2.10 bits per heavy atom. The highest BCUT2D eigenvalue weighted by Gasteiger charge is 2.27. The van der Waals surface area contributed by atoms with Crippen LogP contribution >= 0.6 is 11.3 Å². The Balaban J connectivity index is 1.80. The van der Waals surface area contributed by atoms with Gasteiger partial charge in [-0.3, -0.25) is 0 Å². The second-order valence-electron chi connectivity index (χ2n) is 6.64. The molecule has 31 heavy (non-hydrogen) atoms. The average molecular weight is 439 g/mol. The molecule has 0 spiro atoms. The third-order valence-electron chi connectivity index (χ3n) is 4.41. The maximum absolute atomic E-state index is 12.9. The number of aromatic nitrogens is 1. The minimum Gasteiger partial charge on any atom is -0.476 e. The van der Waals surface area contributed by atoms with Crippen molar-refractivity contribution >= 4 is 29.0 Å². The van der Waals surface area contributed by atoms with E-state index < -0.39 is 24.1 Å². The Hall–Kier alpha value is -3.52. The fourth-order valence-corrected chi connectivity index (χ4v) is 3.44. The average Bonchev–Trinajstić information content (AvgIpc) is 3.21. The van der Waals surface area contributed by atoms with Gasteiger partial charge in [0, 0.05) is 5.38 Å². The molecule has 0 radical (unpaired) electrons. The summed E-state index contributed by atoms with van der Waals surface area (Å²) in [6.07, 6.45) is -1.44. The number of nitrogens with zero attached hydrogens (tertiary/aromatic N) is 2. The number of rotatable bonds is 9. The van der Waals surface area contributed by atoms with Crippen LogP contribution in [0.15, 0.2) is 71.2 Å². The summed E-state index contributed by atoms with van der Waals surface area (Å²) in [6, 6.07) is 18.7. The largest absolute Gasteiger partial charge is 0.476 e. The number of ether oxygens (including phenoxy) is 1. The molecule has 0 fully saturated rings. The highest BCUT2D eigenvalue weighted by Crippen LogP contribution is 2.27. The molecular formula is C23H22N2O5S. The molecule has 7 nitrogen and oxygen atoms in total. The van der Waals surface area contributed by atoms with Gasteiger partial charge in [-0.15, -0.1) is 11.3 Å². The van der Waals surface area contributed by atoms with E-state index in [1.165, 1.54) is 11.3 Å². The van der Waals surface area contributed by atoms with E-state index in [9.17, 15) is 14.7 Å². The smallest absolute Gasteiger partial charge is 0.360 e. The zero-order valence-corrected chi connectivity index (χ0v) is 17.9. The first-order valence-corrected chi connectivity index (χ1v) is 10.6. The first-order valence-electron chi connectivity index (χ1n) is 9.69. The molecule has 3 rings (SSSR count). The molecule has 0 saturated heterocycles. The van der Waals surface area contributed by atoms with Gasteiger partial charge >= 0.3 is 11.9 Å². The van der Waals surface area contributed by atoms with Gasteiger partial charge < -0.3 is 14.7 Å². The minimum absolute atomic E-state index is 0.185. The van der Waals surface area contributed by atoms with Gasteiger partial charge in [0.05, 0.1) is 5.01 Å². The van der Waals surface area contributed by atoms with Gasteiger partial charge in [-0.05, 0) is 24.5 Å². The Morgan fingerprint density at radius 1 is 1.06 bits per heavy atom. The summed E-state index contributed by atoms with van der Waals surface area (Å²) in [6.45, 7) is 3.49. The zero-order valence-electron chi connectivity index (χ0n) is 17.1. The summed E-state index contributed by atoms with van der Waals surface area (Å²) in [5.74, 6) is -1.93. The van der Waals surface area contributed by atoms with E-state index in [1.54, 1.807) is 19.2 Å². The second-order valence-corrected chi connectivity index (χ2v) is 7.70. The molecule has 0 bridgehead atoms. The van der Waals surface area contributed by atoms with Crippen molar-refractivity contribution in [3.05, 3.63) is 87.9 Å². The molecule has 160 valence electrons. The third kappa shape index (κ3) is 5.76. The van der Waals surface area contributed by atoms with Gasteiger partial charge in [0.1, 0.15) is 5.69 Å². The molecule has 0 amide bonds. The normalized spacial score (nSPS) is 12.4. The van der Waals surface area contributed by atoms with E-state index in [2.05, 4.69) is 10.1 Å². The van der Waals surface area contributed by atoms with Crippen LogP contribution in [0.25, 0.3) is 0 Å². The van der Waals surface area contributed by atoms with Crippen molar-refractivity contribution in [2.75, 3.05) is 0 Å². The van der Waals surface area contributed by atoms with Crippen LogP contribution in [0, 0.1) is 6.92 Å². The van der Waals surface area contributed by atoms with Crippen molar-refractivity contribution < 1.29 is 24.3 Å². The number of esters is 1. The van der Waals surface area contributed by atoms with Crippen molar-refractivity contribution in [2.24, 2.45) is 5.16 Å². The van der Waals surface area contributed by atoms with Crippen LogP contribution in [0.3, 0.4) is 0 Å². The zero-order chi connectivity index (χ0) is 22.2. The highest BCUT2D eigenvalue weighted by molar-refractivity contribution is 7.09. The van der Waals surface area contributed by atoms with Crippen molar-refractivity contribution in [2.45, 2.75) is 32.5 Å². The van der Waals surface area contributed by atoms with Crippen LogP contribution in [-0.2, 0) is 19.2 Å². The van der Waals surface area contributed by atoms with Crippen LogP contribution in [0.2, 0.25) is 0 Å². The molecular weight excluding hydrogens is 416 g/mol. The predicted octanol–water partition coefficient (Wildman–Crippen LogP) is 4.37. The van der Waals surface area contributed by atoms with Crippen LogP contribution in [0.4, 0.5) is 0 Å². The van der Waals surface area contributed by atoms with Crippen molar-refractivity contribution in [1.29, 1.82) is 0 Å². The Kier molecular flexibility index (Phi) is 7.50. The number of hydrogen-bond donors (Lipinski definition) is 1. The van der Waals surface area contributed by atoms with E-state index in [-0.39, 0.29) is 17.8 Å². The van der Waals surface area contributed by atoms with E-state index in [0.29, 0.717) is 5.01 Å². The maximum atomic E-state index is 12.9. The Bertz CT molecular complexity index is 1010. The number of aliphatic carboxylic acids is 1. The molecule has 1 aromatic heterocycles. The summed E-state index contributed by atoms with van der Waals surface area (Å²) in [5, 5.41) is 15.4. The lowest BCUT2D eigenvalue weighted by molar-refractivity contribution is -0.161. The summed E-state index contributed by atoms with van der Waals surface area (Å²) < 4.78 is 5.78. The first-order chi connectivity index (χ1) is 15.0. The molecule has 3 aromatic rings. The van der Waals surface area contributed by atoms with Crippen LogP contribution in [-0.4, -0.2) is 33.8 Å². The van der Waals surface area contributed by atoms with Crippen molar-refractivity contribution in [3.8, 4) is 0 Å². The molecule has 1 atom stereocenters. The monoisotopic (exact) mass is 438 g/mol. The van der Waals surface area contributed by atoms with Crippen LogP contribution < -0.4 is 0 Å². The van der Waals surface area contributed by atoms with Crippen LogP contribution in [0.1, 0.15) is 41.3 Å². The fraction of sp³-hybridized carbons (Fsp3) is 0.217. The summed E-state index contributed by atoms with van der Waals surface area (Å²) in [7, 11) is 0. The number of benzene rings is 2. The topological polar surface area (TPSA) is 98.1 Å². The van der Waals surface area contributed by atoms with E-state index >= 15 is 0 Å². The number of thiazole rings is 1. The molecule has 0 aliphatic heterocycles. The number of carboxylic acids is 1. The van der Waals surface area contributed by atoms with Gasteiger partial charge in [-0.25, -0.2) is 14.6 Å². The lowest BCUT2D eigenvalue weighted by atomic mass is 10.0. The Morgan fingerprint density at radius 2 is 1.65 bits per heavy atom. The minimum atomic E-state index is -1.29. The molecule has 8 heteroatoms. The molecule has 2 aromatic carbocycles. The van der Waals surface area contributed by atoms with E-state index in [1.807, 2.05) is 60.7 Å². The molecule has 0 saturated carbocycles. The van der Waals surface area contributed by atoms with E-state index in [4.69, 9.17) is 9.57 Å². The van der Waals surface area contributed by atoms with E-state index in [0.717, 1.165) is 11.1 Å². The third-order valence-corrected chi connectivity index (χ3v) is 5.18. The first kappa shape index (κ1) is 22.2. The number of oxime groups is 1. The standard InChI is InChI=1S/C23H22N2O5S/c1-3-19(30-25-20(22(26)27)18-14-31-15(2)24-18)23(28)29-21(16-10-6-4-7-11-16)17-12-8-5-9-13-17/h4-14,19,21H,3H2,1-2H3,(H,26,27)/b25-20-/t19-/m0/s1. The summed E-state index contributed by atoms with van der Waals surface area (Å²) in [4.78, 5) is 33.9. The lowest BCUT2D eigenvalue weighted by Crippen LogP contribution is -2.27. The number of aryl methyl sites for hydroxylation is 1. The van der Waals surface area contributed by atoms with Crippen molar-refractivity contribution in [1.82, 2.24) is 4.98 Å². The highest BCUT2D eigenvalue weighted by atomic mass is 32.1. The summed E-state index contributed by atoms with van der Waals surface area (Å²) in [5.41, 5.74) is 1.44. The molecule has 0 unspecified atom stereocenters. The number of hydrogen-bond acceptors (Lipinski definition) is 7. The number of carbonyl (C=O) groups is 2.